The van der Waals surface area contributed by atoms with E-state index in [1.807, 2.05) is 83.3 Å². The fraction of sp³-hybridized carbons (Fsp3) is 0.0333. The number of fused-ring (bicyclic) bond motifs is 2. The maximum atomic E-state index is 11.9. The summed E-state index contributed by atoms with van der Waals surface area (Å²) >= 11 is 0. The molecule has 2 N–H and O–H groups in total. The molecule has 2 heterocycles. The van der Waals surface area contributed by atoms with E-state index < -0.39 is 4.92 Å². The molecule has 0 atom stereocenters. The number of hydrogen-bond acceptors (Lipinski definition) is 5. The Hall–Kier alpha value is -5.17. The molecule has 4 aromatic carbocycles. The molecule has 0 bridgehead atoms. The van der Waals surface area contributed by atoms with E-state index in [-0.39, 0.29) is 11.4 Å². The van der Waals surface area contributed by atoms with Gasteiger partial charge in [0.05, 0.1) is 16.2 Å². The highest BCUT2D eigenvalue weighted by molar-refractivity contribution is 6.00. The van der Waals surface area contributed by atoms with Crippen molar-refractivity contribution in [3.63, 3.8) is 0 Å². The molecule has 0 unspecified atom stereocenters. The maximum Gasteiger partial charge on any atom is 0.278 e. The van der Waals surface area contributed by atoms with E-state index in [9.17, 15) is 15.2 Å². The Morgan fingerprint density at radius 2 is 1.59 bits per heavy atom. The van der Waals surface area contributed by atoms with Crippen molar-refractivity contribution in [1.29, 1.82) is 0 Å². The molecule has 0 spiro atoms. The number of hydrogen-bond donors (Lipinski definition) is 2. The number of rotatable bonds is 6. The number of nitro benzene ring substituents is 1. The Bertz CT molecular complexity index is 1780. The molecule has 0 saturated heterocycles. The molecule has 37 heavy (non-hydrogen) atoms. The Morgan fingerprint density at radius 3 is 2.43 bits per heavy atom. The number of phenols is 1. The van der Waals surface area contributed by atoms with Gasteiger partial charge in [0.25, 0.3) is 5.69 Å². The number of para-hydroxylation sites is 1. The summed E-state index contributed by atoms with van der Waals surface area (Å²) < 4.78 is 1.93. The van der Waals surface area contributed by atoms with Crippen molar-refractivity contribution in [1.82, 2.24) is 9.38 Å². The molecule has 0 amide bonds. The smallest absolute Gasteiger partial charge is 0.278 e. The molecule has 0 radical (unpaired) electrons. The van der Waals surface area contributed by atoms with E-state index >= 15 is 0 Å². The lowest BCUT2D eigenvalue weighted by atomic mass is 10.0. The first kappa shape index (κ1) is 22.3. The van der Waals surface area contributed by atoms with Crippen LogP contribution in [0, 0.1) is 10.1 Å². The molecule has 7 nitrogen and oxygen atoms in total. The topological polar surface area (TPSA) is 92.7 Å². The maximum absolute atomic E-state index is 11.9. The molecular weight excluding hydrogens is 464 g/mol. The van der Waals surface area contributed by atoms with Gasteiger partial charge in [0.15, 0.2) is 0 Å². The second kappa shape index (κ2) is 9.13. The van der Waals surface area contributed by atoms with Gasteiger partial charge in [-0.15, -0.1) is 0 Å². The quantitative estimate of drug-likeness (QED) is 0.194. The van der Waals surface area contributed by atoms with E-state index in [0.717, 1.165) is 22.0 Å². The van der Waals surface area contributed by atoms with Crippen LogP contribution in [0.5, 0.6) is 5.75 Å². The van der Waals surface area contributed by atoms with Crippen LogP contribution < -0.4 is 5.32 Å². The normalized spacial score (nSPS) is 11.1. The number of aromatic hydroxyl groups is 1. The largest absolute Gasteiger partial charge is 0.507 e. The fourth-order valence-electron chi connectivity index (χ4n) is 4.78. The average Bonchev–Trinajstić information content (AvgIpc) is 3.31. The van der Waals surface area contributed by atoms with Crippen LogP contribution in [-0.2, 0) is 6.54 Å². The van der Waals surface area contributed by atoms with Gasteiger partial charge in [0.1, 0.15) is 22.9 Å². The number of nitrogens with zero attached hydrogens (tertiary/aromatic N) is 3. The van der Waals surface area contributed by atoms with Crippen molar-refractivity contribution in [3.8, 4) is 28.3 Å². The van der Waals surface area contributed by atoms with Gasteiger partial charge in [-0.3, -0.25) is 14.5 Å². The molecule has 0 aliphatic rings. The Kier molecular flexibility index (Phi) is 5.50. The van der Waals surface area contributed by atoms with Crippen molar-refractivity contribution in [3.05, 3.63) is 125 Å². The Morgan fingerprint density at radius 1 is 0.838 bits per heavy atom. The molecule has 7 heteroatoms. The van der Waals surface area contributed by atoms with E-state index in [4.69, 9.17) is 4.98 Å². The number of nitrogens with one attached hydrogen (secondary N) is 1. The van der Waals surface area contributed by atoms with Crippen LogP contribution in [0.25, 0.3) is 38.9 Å². The predicted octanol–water partition coefficient (Wildman–Crippen LogP) is 7.05. The van der Waals surface area contributed by atoms with Gasteiger partial charge >= 0.3 is 0 Å². The van der Waals surface area contributed by atoms with Crippen LogP contribution in [0.15, 0.2) is 109 Å². The highest BCUT2D eigenvalue weighted by Crippen LogP contribution is 2.41. The summed E-state index contributed by atoms with van der Waals surface area (Å²) in [4.78, 5) is 16.4. The number of aromatic nitrogens is 2. The van der Waals surface area contributed by atoms with E-state index in [2.05, 4.69) is 5.32 Å². The van der Waals surface area contributed by atoms with Gasteiger partial charge in [-0.2, -0.15) is 0 Å². The minimum absolute atomic E-state index is 0.0248. The molecule has 0 aliphatic heterocycles. The predicted molar refractivity (Wildman–Crippen MR) is 146 cm³/mol. The third kappa shape index (κ3) is 3.92. The molecule has 0 fully saturated rings. The number of benzene rings is 4. The van der Waals surface area contributed by atoms with E-state index in [1.54, 1.807) is 24.3 Å². The number of anilines is 1. The van der Waals surface area contributed by atoms with Crippen molar-refractivity contribution in [2.45, 2.75) is 6.54 Å². The Labute approximate surface area is 212 Å². The van der Waals surface area contributed by atoms with Crippen molar-refractivity contribution < 1.29 is 10.0 Å². The van der Waals surface area contributed by atoms with E-state index in [1.165, 1.54) is 6.07 Å². The second-order valence-electron chi connectivity index (χ2n) is 8.71. The lowest BCUT2D eigenvalue weighted by molar-refractivity contribution is -0.384. The van der Waals surface area contributed by atoms with Crippen molar-refractivity contribution >= 4 is 27.9 Å². The SMILES string of the molecule is O=[N+]([O-])c1ccccc1-c1nc2cccc(-c3c(O)ccc4ccccc34)n2c1NCc1ccccc1. The summed E-state index contributed by atoms with van der Waals surface area (Å²) in [5, 5.41) is 28.3. The lowest BCUT2D eigenvalue weighted by Gasteiger charge is -2.15. The number of phenolic OH excluding ortho intramolecular Hbond substituents is 1. The molecule has 6 rings (SSSR count). The summed E-state index contributed by atoms with van der Waals surface area (Å²) in [5.74, 6) is 0.747. The van der Waals surface area contributed by atoms with Crippen molar-refractivity contribution in [2.24, 2.45) is 0 Å². The van der Waals surface area contributed by atoms with Crippen LogP contribution in [0.2, 0.25) is 0 Å². The summed E-state index contributed by atoms with van der Waals surface area (Å²) in [7, 11) is 0. The van der Waals surface area contributed by atoms with Gasteiger partial charge < -0.3 is 10.4 Å². The van der Waals surface area contributed by atoms with Crippen LogP contribution in [0.1, 0.15) is 5.56 Å². The fourth-order valence-corrected chi connectivity index (χ4v) is 4.78. The monoisotopic (exact) mass is 486 g/mol. The summed E-state index contributed by atoms with van der Waals surface area (Å²) in [6, 6.07) is 33.6. The molecule has 0 saturated carbocycles. The van der Waals surface area contributed by atoms with Gasteiger partial charge in [-0.25, -0.2) is 4.98 Å². The number of imidazole rings is 1. The first-order valence-corrected chi connectivity index (χ1v) is 11.9. The highest BCUT2D eigenvalue weighted by Gasteiger charge is 2.24. The zero-order valence-corrected chi connectivity index (χ0v) is 19.7. The first-order chi connectivity index (χ1) is 18.1. The first-order valence-electron chi connectivity index (χ1n) is 11.9. The molecule has 180 valence electrons. The van der Waals surface area contributed by atoms with Gasteiger partial charge in [0, 0.05) is 18.2 Å². The Balaban J connectivity index is 1.65. The standard InChI is InChI=1S/C30H22N4O3/c35-26-18-17-21-11-4-5-12-22(21)28(26)25-15-8-16-27-32-29(23-13-6-7-14-24(23)34(36)37)30(33(25)27)31-19-20-9-2-1-3-10-20/h1-18,31,35H,19H2. The van der Waals surface area contributed by atoms with Crippen LogP contribution in [0.4, 0.5) is 11.5 Å². The number of pyridine rings is 1. The van der Waals surface area contributed by atoms with Crippen molar-refractivity contribution in [2.75, 3.05) is 5.32 Å². The second-order valence-corrected chi connectivity index (χ2v) is 8.71. The third-order valence-electron chi connectivity index (χ3n) is 6.47. The summed E-state index contributed by atoms with van der Waals surface area (Å²) in [6.45, 7) is 0.484. The van der Waals surface area contributed by atoms with Crippen LogP contribution in [-0.4, -0.2) is 19.4 Å². The molecule has 2 aromatic heterocycles. The lowest BCUT2D eigenvalue weighted by Crippen LogP contribution is -2.05. The van der Waals surface area contributed by atoms with Gasteiger partial charge in [0.2, 0.25) is 0 Å². The summed E-state index contributed by atoms with van der Waals surface area (Å²) in [6.07, 6.45) is 0. The van der Waals surface area contributed by atoms with Gasteiger partial charge in [-0.05, 0) is 40.6 Å². The van der Waals surface area contributed by atoms with Crippen LogP contribution >= 0.6 is 0 Å². The average molecular weight is 487 g/mol. The van der Waals surface area contributed by atoms with E-state index in [0.29, 0.717) is 34.8 Å². The zero-order valence-electron chi connectivity index (χ0n) is 19.7. The minimum Gasteiger partial charge on any atom is -0.507 e. The summed E-state index contributed by atoms with van der Waals surface area (Å²) in [5.41, 5.74) is 3.90. The zero-order chi connectivity index (χ0) is 25.4. The third-order valence-corrected chi connectivity index (χ3v) is 6.47. The molecule has 6 aromatic rings. The van der Waals surface area contributed by atoms with Crippen LogP contribution in [0.3, 0.4) is 0 Å². The molecule has 0 aliphatic carbocycles. The van der Waals surface area contributed by atoms with Gasteiger partial charge in [-0.1, -0.05) is 78.9 Å². The molecular formula is C30H22N4O3. The minimum atomic E-state index is -0.391. The highest BCUT2D eigenvalue weighted by atomic mass is 16.6. The number of nitro groups is 1.